The Morgan fingerprint density at radius 2 is 1.94 bits per heavy atom. The zero-order chi connectivity index (χ0) is 12.5. The summed E-state index contributed by atoms with van der Waals surface area (Å²) in [6, 6.07) is 0. The third-order valence-corrected chi connectivity index (χ3v) is 4.11. The molecular weight excluding hydrogens is 242 g/mol. The second-order valence-electron chi connectivity index (χ2n) is 4.28. The number of nitrogens with zero attached hydrogens (tertiary/aromatic N) is 4. The zero-order valence-electron chi connectivity index (χ0n) is 10.0. The summed E-state index contributed by atoms with van der Waals surface area (Å²) in [7, 11) is -3.05. The van der Waals surface area contributed by atoms with Crippen molar-refractivity contribution in [2.75, 3.05) is 32.4 Å². The van der Waals surface area contributed by atoms with E-state index in [-0.39, 0.29) is 0 Å². The summed E-state index contributed by atoms with van der Waals surface area (Å²) < 4.78 is 24.2. The van der Waals surface area contributed by atoms with Gasteiger partial charge in [0, 0.05) is 26.2 Å². The molecule has 2 heterocycles. The minimum absolute atomic E-state index is 0.544. The Labute approximate surface area is 101 Å². The molecule has 1 N–H and O–H groups in total. The minimum atomic E-state index is -3.05. The Balaban J connectivity index is 1.87. The van der Waals surface area contributed by atoms with E-state index in [2.05, 4.69) is 20.1 Å². The van der Waals surface area contributed by atoms with Crippen molar-refractivity contribution in [2.24, 2.45) is 0 Å². The predicted octanol–water partition coefficient (Wildman–Crippen LogP) is -0.810. The number of H-pyrrole nitrogens is 1. The average molecular weight is 259 g/mol. The van der Waals surface area contributed by atoms with E-state index >= 15 is 0 Å². The first kappa shape index (κ1) is 12.5. The number of piperazine rings is 1. The predicted molar refractivity (Wildman–Crippen MR) is 62.8 cm³/mol. The van der Waals surface area contributed by atoms with Crippen molar-refractivity contribution in [1.82, 2.24) is 24.4 Å². The van der Waals surface area contributed by atoms with Crippen LogP contribution < -0.4 is 0 Å². The normalized spacial score (nSPS) is 19.6. The molecule has 17 heavy (non-hydrogen) atoms. The molecule has 0 atom stereocenters. The van der Waals surface area contributed by atoms with Crippen molar-refractivity contribution >= 4 is 10.0 Å². The Bertz CT molecular complexity index is 475. The number of aromatic amines is 1. The fourth-order valence-corrected chi connectivity index (χ4v) is 2.71. The molecule has 0 saturated carbocycles. The highest BCUT2D eigenvalue weighted by atomic mass is 32.2. The van der Waals surface area contributed by atoms with Crippen molar-refractivity contribution in [3.63, 3.8) is 0 Å². The van der Waals surface area contributed by atoms with Crippen LogP contribution in [-0.4, -0.2) is 65.2 Å². The lowest BCUT2D eigenvalue weighted by molar-refractivity contribution is 0.179. The molecule has 0 aliphatic carbocycles. The van der Waals surface area contributed by atoms with Crippen molar-refractivity contribution in [3.8, 4) is 0 Å². The van der Waals surface area contributed by atoms with E-state index in [1.165, 1.54) is 10.6 Å². The van der Waals surface area contributed by atoms with Crippen molar-refractivity contribution in [1.29, 1.82) is 0 Å². The topological polar surface area (TPSA) is 82.2 Å². The molecule has 7 nitrogen and oxygen atoms in total. The highest BCUT2D eigenvalue weighted by Gasteiger charge is 2.23. The van der Waals surface area contributed by atoms with E-state index in [9.17, 15) is 8.42 Å². The summed E-state index contributed by atoms with van der Waals surface area (Å²) >= 11 is 0. The monoisotopic (exact) mass is 259 g/mol. The van der Waals surface area contributed by atoms with Gasteiger partial charge >= 0.3 is 0 Å². The minimum Gasteiger partial charge on any atom is -0.293 e. The lowest BCUT2D eigenvalue weighted by Crippen LogP contribution is -2.47. The zero-order valence-corrected chi connectivity index (χ0v) is 10.9. The number of rotatable bonds is 3. The maximum Gasteiger partial charge on any atom is 0.211 e. The van der Waals surface area contributed by atoms with Gasteiger partial charge in [0.2, 0.25) is 10.0 Å². The van der Waals surface area contributed by atoms with Crippen molar-refractivity contribution in [3.05, 3.63) is 11.6 Å². The second kappa shape index (κ2) is 4.71. The highest BCUT2D eigenvalue weighted by molar-refractivity contribution is 7.88. The summed E-state index contributed by atoms with van der Waals surface area (Å²) in [6.07, 6.45) is 1.25. The lowest BCUT2D eigenvalue weighted by Gasteiger charge is -2.32. The van der Waals surface area contributed by atoms with Gasteiger partial charge in [-0.3, -0.25) is 10.00 Å². The molecular formula is C9H17N5O2S. The number of aromatic nitrogens is 3. The Morgan fingerprint density at radius 1 is 1.29 bits per heavy atom. The summed E-state index contributed by atoms with van der Waals surface area (Å²) in [5.74, 6) is 1.56. The van der Waals surface area contributed by atoms with Gasteiger partial charge in [0.15, 0.2) is 5.82 Å². The van der Waals surface area contributed by atoms with Gasteiger partial charge in [0.25, 0.3) is 0 Å². The summed E-state index contributed by atoms with van der Waals surface area (Å²) in [5, 5.41) is 6.87. The molecule has 1 saturated heterocycles. The smallest absolute Gasteiger partial charge is 0.211 e. The van der Waals surface area contributed by atoms with Gasteiger partial charge in [-0.15, -0.1) is 0 Å². The van der Waals surface area contributed by atoms with E-state index in [0.717, 1.165) is 24.7 Å². The van der Waals surface area contributed by atoms with Gasteiger partial charge in [-0.05, 0) is 6.92 Å². The number of sulfonamides is 1. The van der Waals surface area contributed by atoms with E-state index in [4.69, 9.17) is 0 Å². The number of hydrogen-bond acceptors (Lipinski definition) is 5. The third-order valence-electron chi connectivity index (χ3n) is 2.81. The SMILES string of the molecule is Cc1nc(CN2CCN(S(C)(=O)=O)CC2)n[nH]1. The molecule has 0 bridgehead atoms. The molecule has 1 aliphatic heterocycles. The van der Waals surface area contributed by atoms with Crippen molar-refractivity contribution < 1.29 is 8.42 Å². The van der Waals surface area contributed by atoms with Crippen LogP contribution in [0.2, 0.25) is 0 Å². The van der Waals surface area contributed by atoms with E-state index in [1.807, 2.05) is 6.92 Å². The Morgan fingerprint density at radius 3 is 2.41 bits per heavy atom. The first-order valence-electron chi connectivity index (χ1n) is 5.50. The van der Waals surface area contributed by atoms with Crippen LogP contribution in [0.15, 0.2) is 0 Å². The fourth-order valence-electron chi connectivity index (χ4n) is 1.88. The molecule has 96 valence electrons. The molecule has 1 aliphatic rings. The molecule has 0 radical (unpaired) electrons. The molecule has 0 unspecified atom stereocenters. The maximum atomic E-state index is 11.3. The molecule has 8 heteroatoms. The van der Waals surface area contributed by atoms with Gasteiger partial charge in [0.1, 0.15) is 5.82 Å². The second-order valence-corrected chi connectivity index (χ2v) is 6.26. The van der Waals surface area contributed by atoms with Gasteiger partial charge in [0.05, 0.1) is 12.8 Å². The summed E-state index contributed by atoms with van der Waals surface area (Å²) in [6.45, 7) is 5.06. The summed E-state index contributed by atoms with van der Waals surface area (Å²) in [5.41, 5.74) is 0. The molecule has 0 amide bonds. The standard InChI is InChI=1S/C9H17N5O2S/c1-8-10-9(12-11-8)7-13-3-5-14(6-4-13)17(2,15)16/h3-7H2,1-2H3,(H,10,11,12). The first-order chi connectivity index (χ1) is 7.95. The fraction of sp³-hybridized carbons (Fsp3) is 0.778. The maximum absolute atomic E-state index is 11.3. The van der Waals surface area contributed by atoms with Crippen LogP contribution in [0.5, 0.6) is 0 Å². The molecule has 1 aromatic rings. The van der Waals surface area contributed by atoms with Crippen LogP contribution in [0.1, 0.15) is 11.6 Å². The first-order valence-corrected chi connectivity index (χ1v) is 7.35. The van der Waals surface area contributed by atoms with E-state index in [1.54, 1.807) is 0 Å². The van der Waals surface area contributed by atoms with Gasteiger partial charge in [-0.1, -0.05) is 0 Å². The molecule has 0 spiro atoms. The number of nitrogens with one attached hydrogen (secondary N) is 1. The third kappa shape index (κ3) is 3.24. The van der Waals surface area contributed by atoms with Crippen LogP contribution in [0.4, 0.5) is 0 Å². The molecule has 2 rings (SSSR count). The van der Waals surface area contributed by atoms with Crippen LogP contribution in [0.3, 0.4) is 0 Å². The van der Waals surface area contributed by atoms with Gasteiger partial charge in [-0.2, -0.15) is 9.40 Å². The van der Waals surface area contributed by atoms with Crippen molar-refractivity contribution in [2.45, 2.75) is 13.5 Å². The molecule has 1 fully saturated rings. The van der Waals surface area contributed by atoms with Gasteiger partial charge < -0.3 is 0 Å². The average Bonchev–Trinajstić information content (AvgIpc) is 2.63. The number of hydrogen-bond donors (Lipinski definition) is 1. The number of aryl methyl sites for hydroxylation is 1. The van der Waals surface area contributed by atoms with E-state index in [0.29, 0.717) is 19.6 Å². The highest BCUT2D eigenvalue weighted by Crippen LogP contribution is 2.08. The van der Waals surface area contributed by atoms with Gasteiger partial charge in [-0.25, -0.2) is 13.4 Å². The molecule has 1 aromatic heterocycles. The Hall–Kier alpha value is -0.990. The molecule has 0 aromatic carbocycles. The van der Waals surface area contributed by atoms with Crippen LogP contribution in [0.25, 0.3) is 0 Å². The largest absolute Gasteiger partial charge is 0.293 e. The van der Waals surface area contributed by atoms with Crippen LogP contribution in [0, 0.1) is 6.92 Å². The summed E-state index contributed by atoms with van der Waals surface area (Å²) in [4.78, 5) is 6.39. The van der Waals surface area contributed by atoms with E-state index < -0.39 is 10.0 Å². The lowest BCUT2D eigenvalue weighted by atomic mass is 10.3. The Kier molecular flexibility index (Phi) is 3.45. The quantitative estimate of drug-likeness (QED) is 0.767. The van der Waals surface area contributed by atoms with Crippen LogP contribution in [-0.2, 0) is 16.6 Å². The van der Waals surface area contributed by atoms with Crippen LogP contribution >= 0.6 is 0 Å².